The molecular formula is C23H37N3O3. The third-order valence-corrected chi connectivity index (χ3v) is 5.77. The van der Waals surface area contributed by atoms with Gasteiger partial charge in [-0.25, -0.2) is 0 Å². The Hall–Kier alpha value is -1.63. The van der Waals surface area contributed by atoms with Crippen molar-refractivity contribution in [3.63, 3.8) is 0 Å². The first-order valence-corrected chi connectivity index (χ1v) is 11.1. The zero-order valence-corrected chi connectivity index (χ0v) is 18.0. The largest absolute Gasteiger partial charge is 0.389 e. The number of carbonyl (C=O) groups is 1. The number of ether oxygens (including phenoxy) is 1. The Morgan fingerprint density at radius 1 is 1.14 bits per heavy atom. The maximum Gasteiger partial charge on any atom is 0.238 e. The number of nitrogens with one attached hydrogen (secondary N) is 1. The maximum atomic E-state index is 12.7. The first-order chi connectivity index (χ1) is 13.9. The Labute approximate surface area is 175 Å². The molecule has 6 heteroatoms. The van der Waals surface area contributed by atoms with Crippen molar-refractivity contribution < 1.29 is 14.6 Å². The summed E-state index contributed by atoms with van der Waals surface area (Å²) in [5, 5.41) is 13.3. The van der Waals surface area contributed by atoms with Gasteiger partial charge in [-0.1, -0.05) is 12.8 Å². The highest BCUT2D eigenvalue weighted by molar-refractivity contribution is 5.92. The molecule has 0 aromatic heterocycles. The normalized spacial score (nSPS) is 19.2. The van der Waals surface area contributed by atoms with Gasteiger partial charge in [0, 0.05) is 50.3 Å². The number of aliphatic hydroxyl groups is 1. The molecule has 2 aliphatic rings. The number of benzene rings is 1. The summed E-state index contributed by atoms with van der Waals surface area (Å²) in [5.74, 6) is -0.0386. The third kappa shape index (κ3) is 7.28. The van der Waals surface area contributed by atoms with Gasteiger partial charge in [0.1, 0.15) is 0 Å². The van der Waals surface area contributed by atoms with Crippen molar-refractivity contribution in [2.45, 2.75) is 64.0 Å². The predicted octanol–water partition coefficient (Wildman–Crippen LogP) is 3.26. The molecule has 3 rings (SSSR count). The van der Waals surface area contributed by atoms with Crippen LogP contribution >= 0.6 is 0 Å². The van der Waals surface area contributed by atoms with Gasteiger partial charge in [0.05, 0.1) is 12.1 Å². The van der Waals surface area contributed by atoms with Crippen LogP contribution in [0.15, 0.2) is 24.3 Å². The highest BCUT2D eigenvalue weighted by Gasteiger charge is 2.28. The zero-order valence-electron chi connectivity index (χ0n) is 18.0. The van der Waals surface area contributed by atoms with Crippen LogP contribution < -0.4 is 10.2 Å². The molecule has 1 aromatic rings. The van der Waals surface area contributed by atoms with E-state index >= 15 is 0 Å². The lowest BCUT2D eigenvalue weighted by Gasteiger charge is -2.37. The number of hydrogen-bond donors (Lipinski definition) is 2. The second kappa shape index (κ2) is 10.4. The molecule has 2 heterocycles. The maximum absolute atomic E-state index is 12.7. The fraction of sp³-hybridized carbons (Fsp3) is 0.696. The van der Waals surface area contributed by atoms with E-state index in [9.17, 15) is 9.90 Å². The predicted molar refractivity (Wildman–Crippen MR) is 117 cm³/mol. The lowest BCUT2D eigenvalue weighted by molar-refractivity contribution is -0.119. The standard InChI is InChI=1S/C23H37N3O3/c1-23(2,28)18-26(21-11-15-29-16-12-21)17-22(27)24-19-7-9-20(10-8-19)25-13-5-3-4-6-14-25/h7-10,21,28H,3-6,11-18H2,1-2H3,(H,24,27). The van der Waals surface area contributed by atoms with Crippen molar-refractivity contribution in [3.8, 4) is 0 Å². The SMILES string of the molecule is CC(C)(O)CN(CC(=O)Nc1ccc(N2CCCCCC2)cc1)C1CCOCC1. The second-order valence-corrected chi connectivity index (χ2v) is 9.06. The molecule has 2 saturated heterocycles. The molecule has 0 unspecified atom stereocenters. The Morgan fingerprint density at radius 3 is 2.34 bits per heavy atom. The smallest absolute Gasteiger partial charge is 0.238 e. The molecule has 0 aliphatic carbocycles. The number of anilines is 2. The van der Waals surface area contributed by atoms with Crippen molar-refractivity contribution >= 4 is 17.3 Å². The Bertz CT molecular complexity index is 628. The van der Waals surface area contributed by atoms with Crippen molar-refractivity contribution in [2.24, 2.45) is 0 Å². The van der Waals surface area contributed by atoms with Crippen LogP contribution in [0.2, 0.25) is 0 Å². The molecule has 29 heavy (non-hydrogen) atoms. The van der Waals surface area contributed by atoms with Crippen LogP contribution in [0.5, 0.6) is 0 Å². The molecule has 2 fully saturated rings. The molecule has 0 radical (unpaired) electrons. The Balaban J connectivity index is 1.57. The number of amides is 1. The highest BCUT2D eigenvalue weighted by atomic mass is 16.5. The summed E-state index contributed by atoms with van der Waals surface area (Å²) >= 11 is 0. The van der Waals surface area contributed by atoms with Gasteiger partial charge in [-0.2, -0.15) is 0 Å². The van der Waals surface area contributed by atoms with E-state index in [4.69, 9.17) is 4.74 Å². The molecule has 0 saturated carbocycles. The Kier molecular flexibility index (Phi) is 7.92. The summed E-state index contributed by atoms with van der Waals surface area (Å²) in [6.45, 7) is 7.99. The molecule has 162 valence electrons. The monoisotopic (exact) mass is 403 g/mol. The highest BCUT2D eigenvalue weighted by Crippen LogP contribution is 2.22. The van der Waals surface area contributed by atoms with E-state index in [0.29, 0.717) is 19.8 Å². The van der Waals surface area contributed by atoms with Gasteiger partial charge in [-0.05, 0) is 63.8 Å². The molecule has 0 bridgehead atoms. The minimum absolute atomic E-state index is 0.0386. The summed E-state index contributed by atoms with van der Waals surface area (Å²) in [5.41, 5.74) is 1.22. The molecule has 1 aromatic carbocycles. The molecule has 0 spiro atoms. The molecule has 0 atom stereocenters. The van der Waals surface area contributed by atoms with E-state index in [1.54, 1.807) is 13.8 Å². The first kappa shape index (κ1) is 22.1. The second-order valence-electron chi connectivity index (χ2n) is 9.06. The van der Waals surface area contributed by atoms with E-state index in [-0.39, 0.29) is 18.5 Å². The summed E-state index contributed by atoms with van der Waals surface area (Å²) in [7, 11) is 0. The molecule has 2 aliphatic heterocycles. The minimum Gasteiger partial charge on any atom is -0.389 e. The van der Waals surface area contributed by atoms with E-state index in [0.717, 1.165) is 31.6 Å². The topological polar surface area (TPSA) is 65.0 Å². The zero-order chi connectivity index (χ0) is 20.7. The summed E-state index contributed by atoms with van der Waals surface area (Å²) in [6.07, 6.45) is 6.93. The van der Waals surface area contributed by atoms with Crippen LogP contribution in [0, 0.1) is 0 Å². The number of nitrogens with zero attached hydrogens (tertiary/aromatic N) is 2. The van der Waals surface area contributed by atoms with Gasteiger partial charge in [-0.15, -0.1) is 0 Å². The van der Waals surface area contributed by atoms with E-state index < -0.39 is 5.60 Å². The number of carbonyl (C=O) groups excluding carboxylic acids is 1. The van der Waals surface area contributed by atoms with Crippen LogP contribution in [0.3, 0.4) is 0 Å². The van der Waals surface area contributed by atoms with Gasteiger partial charge >= 0.3 is 0 Å². The lowest BCUT2D eigenvalue weighted by Crippen LogP contribution is -2.49. The average Bonchev–Trinajstić information content (AvgIpc) is 2.97. The average molecular weight is 404 g/mol. The number of rotatable bonds is 7. The lowest BCUT2D eigenvalue weighted by atomic mass is 10.0. The number of hydrogen-bond acceptors (Lipinski definition) is 5. The summed E-state index contributed by atoms with van der Waals surface area (Å²) in [4.78, 5) is 17.2. The van der Waals surface area contributed by atoms with Gasteiger partial charge < -0.3 is 20.1 Å². The summed E-state index contributed by atoms with van der Waals surface area (Å²) in [6, 6.07) is 8.47. The van der Waals surface area contributed by atoms with Gasteiger partial charge in [-0.3, -0.25) is 9.69 Å². The van der Waals surface area contributed by atoms with Crippen LogP contribution in [0.25, 0.3) is 0 Å². The fourth-order valence-corrected chi connectivity index (χ4v) is 4.33. The van der Waals surface area contributed by atoms with Crippen LogP contribution in [-0.4, -0.2) is 66.9 Å². The molecular weight excluding hydrogens is 366 g/mol. The van der Waals surface area contributed by atoms with Gasteiger partial charge in [0.2, 0.25) is 5.91 Å². The van der Waals surface area contributed by atoms with Crippen molar-refractivity contribution in [3.05, 3.63) is 24.3 Å². The van der Waals surface area contributed by atoms with Crippen LogP contribution in [0.1, 0.15) is 52.4 Å². The molecule has 2 N–H and O–H groups in total. The molecule has 1 amide bonds. The van der Waals surface area contributed by atoms with E-state index in [1.807, 2.05) is 12.1 Å². The van der Waals surface area contributed by atoms with Crippen molar-refractivity contribution in [1.82, 2.24) is 4.90 Å². The van der Waals surface area contributed by atoms with E-state index in [2.05, 4.69) is 27.2 Å². The van der Waals surface area contributed by atoms with Crippen molar-refractivity contribution in [1.29, 1.82) is 0 Å². The quantitative estimate of drug-likeness (QED) is 0.732. The Morgan fingerprint density at radius 2 is 1.76 bits per heavy atom. The summed E-state index contributed by atoms with van der Waals surface area (Å²) < 4.78 is 5.46. The van der Waals surface area contributed by atoms with Crippen LogP contribution in [0.4, 0.5) is 11.4 Å². The minimum atomic E-state index is -0.840. The van der Waals surface area contributed by atoms with Crippen molar-refractivity contribution in [2.75, 3.05) is 49.6 Å². The van der Waals surface area contributed by atoms with Gasteiger partial charge in [0.25, 0.3) is 0 Å². The van der Waals surface area contributed by atoms with E-state index in [1.165, 1.54) is 31.4 Å². The van der Waals surface area contributed by atoms with Crippen LogP contribution in [-0.2, 0) is 9.53 Å². The fourth-order valence-electron chi connectivity index (χ4n) is 4.33. The first-order valence-electron chi connectivity index (χ1n) is 11.1. The molecule has 6 nitrogen and oxygen atoms in total. The third-order valence-electron chi connectivity index (χ3n) is 5.77. The van der Waals surface area contributed by atoms with Gasteiger partial charge in [0.15, 0.2) is 0 Å².